The van der Waals surface area contributed by atoms with Crippen LogP contribution in [0.15, 0.2) is 30.3 Å². The molecule has 1 saturated heterocycles. The molecule has 0 radical (unpaired) electrons. The van der Waals surface area contributed by atoms with Crippen LogP contribution in [0.4, 0.5) is 0 Å². The summed E-state index contributed by atoms with van der Waals surface area (Å²) in [5.41, 5.74) is 6.93. The molecule has 1 aromatic carbocycles. The van der Waals surface area contributed by atoms with Gasteiger partial charge in [0.25, 0.3) is 0 Å². The second kappa shape index (κ2) is 6.01. The zero-order valence-electron chi connectivity index (χ0n) is 11.0. The van der Waals surface area contributed by atoms with Crippen LogP contribution in [0.3, 0.4) is 0 Å². The van der Waals surface area contributed by atoms with Crippen LogP contribution in [-0.4, -0.2) is 23.9 Å². The molecule has 0 bridgehead atoms. The smallest absolute Gasteiger partial charge is 0.227 e. The number of nitrogens with zero attached hydrogens (tertiary/aromatic N) is 1. The number of amides is 1. The maximum atomic E-state index is 12.4. The minimum Gasteiger partial charge on any atom is -0.335 e. The van der Waals surface area contributed by atoms with Crippen molar-refractivity contribution >= 4 is 5.91 Å². The van der Waals surface area contributed by atoms with E-state index < -0.39 is 0 Å². The molecule has 3 heteroatoms. The van der Waals surface area contributed by atoms with Crippen molar-refractivity contribution in [1.29, 1.82) is 0 Å². The standard InChI is InChI=1S/C15H22N2O/c1-2-12(11-16)15(18)17-10-6-9-14(17)13-7-4-3-5-8-13/h3-5,7-8,12,14H,2,6,9-11,16H2,1H3. The van der Waals surface area contributed by atoms with Crippen LogP contribution in [0.25, 0.3) is 0 Å². The Morgan fingerprint density at radius 1 is 1.44 bits per heavy atom. The molecule has 2 N–H and O–H groups in total. The summed E-state index contributed by atoms with van der Waals surface area (Å²) >= 11 is 0. The molecule has 1 amide bonds. The van der Waals surface area contributed by atoms with E-state index in [0.717, 1.165) is 25.8 Å². The van der Waals surface area contributed by atoms with E-state index in [9.17, 15) is 4.79 Å². The van der Waals surface area contributed by atoms with Crippen molar-refractivity contribution in [2.75, 3.05) is 13.1 Å². The highest BCUT2D eigenvalue weighted by molar-refractivity contribution is 5.79. The quantitative estimate of drug-likeness (QED) is 0.886. The summed E-state index contributed by atoms with van der Waals surface area (Å²) in [6.45, 7) is 3.35. The van der Waals surface area contributed by atoms with E-state index in [-0.39, 0.29) is 17.9 Å². The largest absolute Gasteiger partial charge is 0.335 e. The summed E-state index contributed by atoms with van der Waals surface area (Å²) in [4.78, 5) is 14.5. The average molecular weight is 246 g/mol. The molecule has 3 nitrogen and oxygen atoms in total. The summed E-state index contributed by atoms with van der Waals surface area (Å²) < 4.78 is 0. The van der Waals surface area contributed by atoms with E-state index in [2.05, 4.69) is 12.1 Å². The highest BCUT2D eigenvalue weighted by Gasteiger charge is 2.32. The Labute approximate surface area is 109 Å². The molecule has 0 aromatic heterocycles. The van der Waals surface area contributed by atoms with Gasteiger partial charge in [-0.15, -0.1) is 0 Å². The van der Waals surface area contributed by atoms with E-state index in [0.29, 0.717) is 6.54 Å². The van der Waals surface area contributed by atoms with Crippen LogP contribution < -0.4 is 5.73 Å². The van der Waals surface area contributed by atoms with Crippen molar-refractivity contribution in [1.82, 2.24) is 4.90 Å². The molecule has 2 unspecified atom stereocenters. The van der Waals surface area contributed by atoms with E-state index in [1.165, 1.54) is 5.56 Å². The lowest BCUT2D eigenvalue weighted by Crippen LogP contribution is -2.38. The van der Waals surface area contributed by atoms with Crippen LogP contribution in [0.5, 0.6) is 0 Å². The SMILES string of the molecule is CCC(CN)C(=O)N1CCCC1c1ccccc1. The Morgan fingerprint density at radius 2 is 2.17 bits per heavy atom. The minimum atomic E-state index is -0.0192. The number of rotatable bonds is 4. The Kier molecular flexibility index (Phi) is 4.37. The molecule has 1 fully saturated rings. The lowest BCUT2D eigenvalue weighted by Gasteiger charge is -2.28. The van der Waals surface area contributed by atoms with Crippen molar-refractivity contribution < 1.29 is 4.79 Å². The lowest BCUT2D eigenvalue weighted by molar-refractivity contribution is -0.136. The molecule has 18 heavy (non-hydrogen) atoms. The number of hydrogen-bond donors (Lipinski definition) is 1. The van der Waals surface area contributed by atoms with Gasteiger partial charge >= 0.3 is 0 Å². The van der Waals surface area contributed by atoms with E-state index in [1.54, 1.807) is 0 Å². The van der Waals surface area contributed by atoms with Crippen molar-refractivity contribution in [3.63, 3.8) is 0 Å². The van der Waals surface area contributed by atoms with E-state index in [1.807, 2.05) is 30.0 Å². The van der Waals surface area contributed by atoms with Crippen LogP contribution in [0.2, 0.25) is 0 Å². The van der Waals surface area contributed by atoms with Crippen LogP contribution in [-0.2, 0) is 4.79 Å². The Morgan fingerprint density at radius 3 is 2.78 bits per heavy atom. The van der Waals surface area contributed by atoms with Gasteiger partial charge in [0.15, 0.2) is 0 Å². The molecule has 0 spiro atoms. The molecule has 0 saturated carbocycles. The first-order valence-electron chi connectivity index (χ1n) is 6.83. The van der Waals surface area contributed by atoms with Gasteiger partial charge in [-0.25, -0.2) is 0 Å². The molecular weight excluding hydrogens is 224 g/mol. The first-order valence-corrected chi connectivity index (χ1v) is 6.83. The third-order valence-corrected chi connectivity index (χ3v) is 3.85. The Bertz CT molecular complexity index is 387. The zero-order valence-corrected chi connectivity index (χ0v) is 11.0. The Balaban J connectivity index is 2.15. The second-order valence-electron chi connectivity index (χ2n) is 4.94. The van der Waals surface area contributed by atoms with Crippen molar-refractivity contribution in [2.45, 2.75) is 32.2 Å². The van der Waals surface area contributed by atoms with Gasteiger partial charge in [0, 0.05) is 13.1 Å². The fourth-order valence-corrected chi connectivity index (χ4v) is 2.73. The molecule has 1 heterocycles. The van der Waals surface area contributed by atoms with Crippen LogP contribution >= 0.6 is 0 Å². The highest BCUT2D eigenvalue weighted by Crippen LogP contribution is 2.33. The molecule has 2 atom stereocenters. The highest BCUT2D eigenvalue weighted by atomic mass is 16.2. The van der Waals surface area contributed by atoms with Gasteiger partial charge in [-0.05, 0) is 24.8 Å². The summed E-state index contributed by atoms with van der Waals surface area (Å²) in [6, 6.07) is 10.6. The number of nitrogens with two attached hydrogens (primary N) is 1. The van der Waals surface area contributed by atoms with Gasteiger partial charge in [0.1, 0.15) is 0 Å². The lowest BCUT2D eigenvalue weighted by atomic mass is 10.0. The number of likely N-dealkylation sites (tertiary alicyclic amines) is 1. The summed E-state index contributed by atoms with van der Waals surface area (Å²) in [7, 11) is 0. The van der Waals surface area contributed by atoms with E-state index >= 15 is 0 Å². The fourth-order valence-electron chi connectivity index (χ4n) is 2.73. The predicted octanol–water partition coefficient (Wildman–Crippen LogP) is 2.33. The van der Waals surface area contributed by atoms with Gasteiger partial charge in [-0.3, -0.25) is 4.79 Å². The maximum Gasteiger partial charge on any atom is 0.227 e. The van der Waals surface area contributed by atoms with Crippen molar-refractivity contribution in [2.24, 2.45) is 11.7 Å². The first-order chi connectivity index (χ1) is 8.77. The third-order valence-electron chi connectivity index (χ3n) is 3.85. The molecular formula is C15H22N2O. The van der Waals surface area contributed by atoms with Crippen molar-refractivity contribution in [3.8, 4) is 0 Å². The monoisotopic (exact) mass is 246 g/mol. The second-order valence-corrected chi connectivity index (χ2v) is 4.94. The summed E-state index contributed by atoms with van der Waals surface area (Å²) in [5, 5.41) is 0. The molecule has 1 aromatic rings. The molecule has 0 aliphatic carbocycles. The molecule has 2 rings (SSSR count). The first kappa shape index (κ1) is 13.1. The van der Waals surface area contributed by atoms with E-state index in [4.69, 9.17) is 5.73 Å². The van der Waals surface area contributed by atoms with Crippen molar-refractivity contribution in [3.05, 3.63) is 35.9 Å². The maximum absolute atomic E-state index is 12.4. The molecule has 1 aliphatic rings. The third kappa shape index (κ3) is 2.56. The van der Waals surface area contributed by atoms with Gasteiger partial charge < -0.3 is 10.6 Å². The normalized spacial score (nSPS) is 21.0. The van der Waals surface area contributed by atoms with Crippen LogP contribution in [0.1, 0.15) is 37.8 Å². The van der Waals surface area contributed by atoms with Gasteiger partial charge in [-0.1, -0.05) is 37.3 Å². The van der Waals surface area contributed by atoms with Crippen LogP contribution in [0, 0.1) is 5.92 Å². The Hall–Kier alpha value is -1.35. The predicted molar refractivity (Wildman–Crippen MR) is 73.0 cm³/mol. The zero-order chi connectivity index (χ0) is 13.0. The number of carbonyl (C=O) groups is 1. The topological polar surface area (TPSA) is 46.3 Å². The van der Waals surface area contributed by atoms with Gasteiger partial charge in [0.2, 0.25) is 5.91 Å². The molecule has 98 valence electrons. The molecule has 1 aliphatic heterocycles. The summed E-state index contributed by atoms with van der Waals surface area (Å²) in [6.07, 6.45) is 2.98. The summed E-state index contributed by atoms with van der Waals surface area (Å²) in [5.74, 6) is 0.209. The number of benzene rings is 1. The number of hydrogen-bond acceptors (Lipinski definition) is 2. The van der Waals surface area contributed by atoms with Gasteiger partial charge in [0.05, 0.1) is 12.0 Å². The van der Waals surface area contributed by atoms with Gasteiger partial charge in [-0.2, -0.15) is 0 Å². The number of carbonyl (C=O) groups excluding carboxylic acids is 1. The fraction of sp³-hybridized carbons (Fsp3) is 0.533. The average Bonchev–Trinajstić information content (AvgIpc) is 2.90. The minimum absolute atomic E-state index is 0.0192.